The van der Waals surface area contributed by atoms with E-state index in [9.17, 15) is 9.59 Å². The lowest BCUT2D eigenvalue weighted by molar-refractivity contribution is 0.564. The first-order chi connectivity index (χ1) is 10.6. The SMILES string of the molecule is Cc1ccccc1C(C)c1c(N=C=O)ccc(N=C=O)c1C. The summed E-state index contributed by atoms with van der Waals surface area (Å²) in [5, 5.41) is 0. The molecule has 0 N–H and O–H groups in total. The Labute approximate surface area is 129 Å². The Hall–Kier alpha value is -2.80. The summed E-state index contributed by atoms with van der Waals surface area (Å²) in [7, 11) is 0. The Bertz CT molecular complexity index is 799. The van der Waals surface area contributed by atoms with Gasteiger partial charge in [-0.1, -0.05) is 31.2 Å². The minimum Gasteiger partial charge on any atom is -0.211 e. The fraction of sp³-hybridized carbons (Fsp3) is 0.222. The van der Waals surface area contributed by atoms with Gasteiger partial charge in [-0.05, 0) is 48.2 Å². The van der Waals surface area contributed by atoms with Gasteiger partial charge in [0.05, 0.1) is 11.4 Å². The van der Waals surface area contributed by atoms with Gasteiger partial charge in [0.25, 0.3) is 0 Å². The maximum absolute atomic E-state index is 10.7. The molecule has 2 aromatic carbocycles. The summed E-state index contributed by atoms with van der Waals surface area (Å²) in [6, 6.07) is 11.4. The van der Waals surface area contributed by atoms with Crippen molar-refractivity contribution in [3.05, 3.63) is 58.7 Å². The number of rotatable bonds is 4. The van der Waals surface area contributed by atoms with Crippen molar-refractivity contribution in [3.8, 4) is 0 Å². The molecule has 1 atom stereocenters. The molecule has 2 aromatic rings. The number of isocyanates is 2. The average Bonchev–Trinajstić information content (AvgIpc) is 2.50. The lowest BCUT2D eigenvalue weighted by atomic mass is 9.86. The Morgan fingerprint density at radius 2 is 1.50 bits per heavy atom. The third-order valence-electron chi connectivity index (χ3n) is 3.88. The fourth-order valence-electron chi connectivity index (χ4n) is 2.79. The van der Waals surface area contributed by atoms with Crippen LogP contribution in [-0.2, 0) is 9.59 Å². The molecule has 0 aromatic heterocycles. The molecule has 0 radical (unpaired) electrons. The molecule has 1 unspecified atom stereocenters. The molecule has 2 rings (SSSR count). The zero-order valence-corrected chi connectivity index (χ0v) is 12.8. The molecule has 0 aliphatic carbocycles. The molecule has 0 aliphatic rings. The van der Waals surface area contributed by atoms with E-state index in [-0.39, 0.29) is 5.92 Å². The minimum atomic E-state index is 0.00935. The number of carbonyl (C=O) groups excluding carboxylic acids is 2. The van der Waals surface area contributed by atoms with Crippen LogP contribution in [-0.4, -0.2) is 12.2 Å². The third kappa shape index (κ3) is 2.94. The van der Waals surface area contributed by atoms with Gasteiger partial charge in [-0.3, -0.25) is 0 Å². The maximum Gasteiger partial charge on any atom is 0.240 e. The molecule has 0 saturated carbocycles. The van der Waals surface area contributed by atoms with Crippen LogP contribution in [0.25, 0.3) is 0 Å². The van der Waals surface area contributed by atoms with Gasteiger partial charge >= 0.3 is 0 Å². The lowest BCUT2D eigenvalue weighted by Gasteiger charge is -2.20. The molecule has 110 valence electrons. The van der Waals surface area contributed by atoms with Gasteiger partial charge in [-0.25, -0.2) is 9.59 Å². The van der Waals surface area contributed by atoms with Crippen LogP contribution in [0.2, 0.25) is 0 Å². The van der Waals surface area contributed by atoms with Crippen LogP contribution in [0.15, 0.2) is 46.4 Å². The van der Waals surface area contributed by atoms with E-state index in [4.69, 9.17) is 0 Å². The molecule has 4 heteroatoms. The van der Waals surface area contributed by atoms with Crippen molar-refractivity contribution in [1.29, 1.82) is 0 Å². The quantitative estimate of drug-likeness (QED) is 0.619. The van der Waals surface area contributed by atoms with E-state index in [2.05, 4.69) is 9.98 Å². The first kappa shape index (κ1) is 15.6. The molecule has 0 saturated heterocycles. The highest BCUT2D eigenvalue weighted by Gasteiger charge is 2.19. The predicted molar refractivity (Wildman–Crippen MR) is 85.4 cm³/mol. The van der Waals surface area contributed by atoms with E-state index in [1.807, 2.05) is 45.0 Å². The maximum atomic E-state index is 10.7. The van der Waals surface area contributed by atoms with Gasteiger partial charge in [0.15, 0.2) is 0 Å². The highest BCUT2D eigenvalue weighted by molar-refractivity contribution is 5.67. The standard InChI is InChI=1S/C18H16N2O2/c1-12-6-4-5-7-15(12)13(2)18-14(3)16(19-10-21)8-9-17(18)20-11-22/h4-9,13H,1-3H3. The zero-order valence-electron chi connectivity index (χ0n) is 12.8. The fourth-order valence-corrected chi connectivity index (χ4v) is 2.79. The van der Waals surface area contributed by atoms with Crippen molar-refractivity contribution < 1.29 is 9.59 Å². The van der Waals surface area contributed by atoms with Crippen LogP contribution >= 0.6 is 0 Å². The Morgan fingerprint density at radius 1 is 0.909 bits per heavy atom. The van der Waals surface area contributed by atoms with Crippen molar-refractivity contribution >= 4 is 23.5 Å². The van der Waals surface area contributed by atoms with Crippen molar-refractivity contribution in [2.75, 3.05) is 0 Å². The second-order valence-electron chi connectivity index (χ2n) is 5.13. The number of benzene rings is 2. The first-order valence-corrected chi connectivity index (χ1v) is 6.95. The molecular weight excluding hydrogens is 276 g/mol. The largest absolute Gasteiger partial charge is 0.240 e. The molecule has 0 fully saturated rings. The van der Waals surface area contributed by atoms with E-state index in [1.165, 1.54) is 0 Å². The van der Waals surface area contributed by atoms with Gasteiger partial charge in [-0.15, -0.1) is 0 Å². The van der Waals surface area contributed by atoms with Gasteiger partial charge in [-0.2, -0.15) is 9.98 Å². The number of hydrogen-bond donors (Lipinski definition) is 0. The highest BCUT2D eigenvalue weighted by Crippen LogP contribution is 2.39. The molecule has 0 amide bonds. The Morgan fingerprint density at radius 3 is 2.14 bits per heavy atom. The second kappa shape index (κ2) is 6.77. The Kier molecular flexibility index (Phi) is 4.80. The van der Waals surface area contributed by atoms with Crippen molar-refractivity contribution in [3.63, 3.8) is 0 Å². The molecule has 22 heavy (non-hydrogen) atoms. The van der Waals surface area contributed by atoms with Crippen LogP contribution in [0.5, 0.6) is 0 Å². The molecule has 4 nitrogen and oxygen atoms in total. The van der Waals surface area contributed by atoms with E-state index in [0.29, 0.717) is 11.4 Å². The normalized spacial score (nSPS) is 11.2. The topological polar surface area (TPSA) is 58.9 Å². The van der Waals surface area contributed by atoms with Gasteiger partial charge < -0.3 is 0 Å². The van der Waals surface area contributed by atoms with Crippen LogP contribution in [0, 0.1) is 13.8 Å². The van der Waals surface area contributed by atoms with Crippen molar-refractivity contribution in [2.45, 2.75) is 26.7 Å². The summed E-state index contributed by atoms with van der Waals surface area (Å²) in [6.07, 6.45) is 3.15. The number of hydrogen-bond acceptors (Lipinski definition) is 4. The molecular formula is C18H16N2O2. The molecule has 0 heterocycles. The summed E-state index contributed by atoms with van der Waals surface area (Å²) < 4.78 is 0. The minimum absolute atomic E-state index is 0.00935. The number of nitrogens with zero attached hydrogens (tertiary/aromatic N) is 2. The highest BCUT2D eigenvalue weighted by atomic mass is 16.1. The molecule has 0 bridgehead atoms. The first-order valence-electron chi connectivity index (χ1n) is 6.95. The van der Waals surface area contributed by atoms with Crippen molar-refractivity contribution in [1.82, 2.24) is 0 Å². The lowest BCUT2D eigenvalue weighted by Crippen LogP contribution is -2.02. The zero-order chi connectivity index (χ0) is 16.1. The van der Waals surface area contributed by atoms with E-state index >= 15 is 0 Å². The summed E-state index contributed by atoms with van der Waals surface area (Å²) in [4.78, 5) is 28.8. The third-order valence-corrected chi connectivity index (χ3v) is 3.88. The van der Waals surface area contributed by atoms with E-state index in [0.717, 1.165) is 22.3 Å². The summed E-state index contributed by atoms with van der Waals surface area (Å²) >= 11 is 0. The van der Waals surface area contributed by atoms with E-state index < -0.39 is 0 Å². The second-order valence-corrected chi connectivity index (χ2v) is 5.13. The Balaban J connectivity index is 2.71. The van der Waals surface area contributed by atoms with Gasteiger partial charge in [0.1, 0.15) is 0 Å². The van der Waals surface area contributed by atoms with Gasteiger partial charge in [0, 0.05) is 5.92 Å². The van der Waals surface area contributed by atoms with Crippen LogP contribution in [0.3, 0.4) is 0 Å². The summed E-state index contributed by atoms with van der Waals surface area (Å²) in [6.45, 7) is 5.95. The monoisotopic (exact) mass is 292 g/mol. The number of aliphatic imine (C=N–C) groups is 2. The summed E-state index contributed by atoms with van der Waals surface area (Å²) in [5.41, 5.74) is 5.06. The molecule has 0 spiro atoms. The smallest absolute Gasteiger partial charge is 0.211 e. The number of aryl methyl sites for hydroxylation is 1. The molecule has 0 aliphatic heterocycles. The summed E-state index contributed by atoms with van der Waals surface area (Å²) in [5.74, 6) is 0.00935. The van der Waals surface area contributed by atoms with Gasteiger partial charge in [0.2, 0.25) is 12.2 Å². The van der Waals surface area contributed by atoms with E-state index in [1.54, 1.807) is 24.3 Å². The van der Waals surface area contributed by atoms with Crippen LogP contribution in [0.1, 0.15) is 35.1 Å². The van der Waals surface area contributed by atoms with Crippen molar-refractivity contribution in [2.24, 2.45) is 9.98 Å². The average molecular weight is 292 g/mol. The predicted octanol–water partition coefficient (Wildman–Crippen LogP) is 4.39. The van der Waals surface area contributed by atoms with Crippen LogP contribution < -0.4 is 0 Å². The van der Waals surface area contributed by atoms with Crippen LogP contribution in [0.4, 0.5) is 11.4 Å².